The highest BCUT2D eigenvalue weighted by Gasteiger charge is 2.18. The molecule has 3 amide bonds. The van der Waals surface area contributed by atoms with Crippen LogP contribution in [-0.2, 0) is 4.79 Å². The molecule has 3 rings (SSSR count). The molecule has 0 spiro atoms. The fourth-order valence-electron chi connectivity index (χ4n) is 2.65. The van der Waals surface area contributed by atoms with Crippen molar-refractivity contribution < 1.29 is 9.59 Å². The number of imidazole rings is 1. The van der Waals surface area contributed by atoms with Crippen LogP contribution in [0.3, 0.4) is 0 Å². The topological polar surface area (TPSA) is 88.4 Å². The van der Waals surface area contributed by atoms with Gasteiger partial charge in [0, 0.05) is 12.6 Å². The van der Waals surface area contributed by atoms with Gasteiger partial charge in [-0.05, 0) is 25.5 Å². The SMILES string of the molecule is CNC(=O)NC(=O)CSc1nc(-c2ccccc2)c2c(C)cc(C)nn12. The molecule has 0 unspecified atom stereocenters. The molecule has 0 saturated carbocycles. The fourth-order valence-corrected chi connectivity index (χ4v) is 3.40. The lowest BCUT2D eigenvalue weighted by Crippen LogP contribution is -2.38. The average molecular weight is 369 g/mol. The van der Waals surface area contributed by atoms with E-state index in [1.54, 1.807) is 4.52 Å². The summed E-state index contributed by atoms with van der Waals surface area (Å²) in [4.78, 5) is 27.8. The van der Waals surface area contributed by atoms with E-state index in [1.807, 2.05) is 50.2 Å². The van der Waals surface area contributed by atoms with E-state index in [0.29, 0.717) is 5.16 Å². The molecule has 8 heteroatoms. The van der Waals surface area contributed by atoms with Crippen LogP contribution >= 0.6 is 11.8 Å². The number of nitrogens with zero attached hydrogens (tertiary/aromatic N) is 3. The maximum absolute atomic E-state index is 11.9. The maximum atomic E-state index is 11.9. The smallest absolute Gasteiger partial charge is 0.321 e. The van der Waals surface area contributed by atoms with Gasteiger partial charge in [0.05, 0.1) is 22.7 Å². The summed E-state index contributed by atoms with van der Waals surface area (Å²) in [6.07, 6.45) is 0. The first kappa shape index (κ1) is 17.9. The summed E-state index contributed by atoms with van der Waals surface area (Å²) >= 11 is 1.24. The number of hydrogen-bond donors (Lipinski definition) is 2. The van der Waals surface area contributed by atoms with Gasteiger partial charge in [-0.2, -0.15) is 5.10 Å². The van der Waals surface area contributed by atoms with Crippen LogP contribution in [0.25, 0.3) is 16.8 Å². The predicted molar refractivity (Wildman–Crippen MR) is 101 cm³/mol. The lowest BCUT2D eigenvalue weighted by molar-refractivity contribution is -0.117. The Morgan fingerprint density at radius 1 is 1.19 bits per heavy atom. The predicted octanol–water partition coefficient (Wildman–Crippen LogP) is 2.56. The van der Waals surface area contributed by atoms with Gasteiger partial charge >= 0.3 is 6.03 Å². The second kappa shape index (κ2) is 7.57. The minimum atomic E-state index is -0.529. The zero-order chi connectivity index (χ0) is 18.7. The second-order valence-electron chi connectivity index (χ2n) is 5.75. The Balaban J connectivity index is 1.98. The third kappa shape index (κ3) is 3.70. The maximum Gasteiger partial charge on any atom is 0.321 e. The molecule has 0 saturated heterocycles. The third-order valence-electron chi connectivity index (χ3n) is 3.74. The van der Waals surface area contributed by atoms with E-state index in [2.05, 4.69) is 15.7 Å². The van der Waals surface area contributed by atoms with Crippen molar-refractivity contribution in [1.82, 2.24) is 25.2 Å². The monoisotopic (exact) mass is 369 g/mol. The first-order valence-corrected chi connectivity index (χ1v) is 9.05. The van der Waals surface area contributed by atoms with Crippen molar-refractivity contribution in [2.75, 3.05) is 12.8 Å². The van der Waals surface area contributed by atoms with E-state index in [1.165, 1.54) is 18.8 Å². The number of fused-ring (bicyclic) bond motifs is 1. The van der Waals surface area contributed by atoms with E-state index in [9.17, 15) is 9.59 Å². The van der Waals surface area contributed by atoms with Crippen LogP contribution in [0.5, 0.6) is 0 Å². The zero-order valence-corrected chi connectivity index (χ0v) is 15.6. The summed E-state index contributed by atoms with van der Waals surface area (Å²) in [5.41, 5.74) is 4.65. The van der Waals surface area contributed by atoms with Crippen LogP contribution in [0.4, 0.5) is 4.79 Å². The van der Waals surface area contributed by atoms with Crippen LogP contribution in [0.15, 0.2) is 41.6 Å². The van der Waals surface area contributed by atoms with Crippen molar-refractivity contribution in [1.29, 1.82) is 0 Å². The number of carbonyl (C=O) groups excluding carboxylic acids is 2. The number of rotatable bonds is 4. The molecule has 0 aliphatic heterocycles. The number of urea groups is 1. The number of aromatic nitrogens is 3. The van der Waals surface area contributed by atoms with Gasteiger partial charge in [-0.1, -0.05) is 42.1 Å². The lowest BCUT2D eigenvalue weighted by atomic mass is 10.1. The van der Waals surface area contributed by atoms with Crippen molar-refractivity contribution in [3.63, 3.8) is 0 Å². The highest BCUT2D eigenvalue weighted by atomic mass is 32.2. The summed E-state index contributed by atoms with van der Waals surface area (Å²) in [6.45, 7) is 3.94. The molecule has 3 aromatic rings. The van der Waals surface area contributed by atoms with Crippen molar-refractivity contribution in [3.05, 3.63) is 47.7 Å². The van der Waals surface area contributed by atoms with E-state index in [0.717, 1.165) is 28.0 Å². The van der Waals surface area contributed by atoms with Gasteiger partial charge in [0.1, 0.15) is 0 Å². The Kier molecular flexibility index (Phi) is 5.22. The minimum absolute atomic E-state index is 0.0649. The van der Waals surface area contributed by atoms with Gasteiger partial charge in [-0.3, -0.25) is 10.1 Å². The lowest BCUT2D eigenvalue weighted by Gasteiger charge is -2.05. The van der Waals surface area contributed by atoms with E-state index in [-0.39, 0.29) is 5.75 Å². The van der Waals surface area contributed by atoms with Crippen molar-refractivity contribution in [2.45, 2.75) is 19.0 Å². The van der Waals surface area contributed by atoms with E-state index >= 15 is 0 Å². The minimum Gasteiger partial charge on any atom is -0.341 e. The van der Waals surface area contributed by atoms with Gasteiger partial charge < -0.3 is 5.32 Å². The fraction of sp³-hybridized carbons (Fsp3) is 0.222. The van der Waals surface area contributed by atoms with Crippen molar-refractivity contribution in [3.8, 4) is 11.3 Å². The summed E-state index contributed by atoms with van der Waals surface area (Å²) in [5.74, 6) is -0.327. The summed E-state index contributed by atoms with van der Waals surface area (Å²) in [5, 5.41) is 9.76. The normalized spacial score (nSPS) is 10.7. The van der Waals surface area contributed by atoms with Crippen LogP contribution in [0.2, 0.25) is 0 Å². The molecular weight excluding hydrogens is 350 g/mol. The Hall–Kier alpha value is -2.87. The molecular formula is C18H19N5O2S. The molecule has 0 fully saturated rings. The molecule has 0 atom stereocenters. The molecule has 134 valence electrons. The Morgan fingerprint density at radius 3 is 2.62 bits per heavy atom. The number of imide groups is 1. The Labute approximate surface area is 155 Å². The molecule has 0 aliphatic carbocycles. The van der Waals surface area contributed by atoms with Crippen molar-refractivity contribution >= 4 is 29.2 Å². The number of nitrogens with one attached hydrogen (secondary N) is 2. The van der Waals surface area contributed by atoms with Crippen LogP contribution < -0.4 is 10.6 Å². The van der Waals surface area contributed by atoms with E-state index in [4.69, 9.17) is 4.98 Å². The summed E-state index contributed by atoms with van der Waals surface area (Å²) in [7, 11) is 1.46. The molecule has 0 aliphatic rings. The molecule has 2 aromatic heterocycles. The van der Waals surface area contributed by atoms with E-state index < -0.39 is 11.9 Å². The number of thioether (sulfide) groups is 1. The average Bonchev–Trinajstić information content (AvgIpc) is 2.99. The van der Waals surface area contributed by atoms with Crippen LogP contribution in [0, 0.1) is 13.8 Å². The van der Waals surface area contributed by atoms with Gasteiger partial charge in [-0.15, -0.1) is 0 Å². The Bertz CT molecular complexity index is 969. The van der Waals surface area contributed by atoms with Gasteiger partial charge in [0.25, 0.3) is 0 Å². The molecule has 0 radical (unpaired) electrons. The standard InChI is InChI=1S/C18H19N5O2S/c1-11-9-12(2)22-23-16(11)15(13-7-5-4-6-8-13)21-18(23)26-10-14(24)20-17(25)19-3/h4-9H,10H2,1-3H3,(H2,19,20,24,25). The van der Waals surface area contributed by atoms with Gasteiger partial charge in [0.15, 0.2) is 5.16 Å². The first-order chi connectivity index (χ1) is 12.5. The van der Waals surface area contributed by atoms with Gasteiger partial charge in [0.2, 0.25) is 5.91 Å². The summed E-state index contributed by atoms with van der Waals surface area (Å²) in [6, 6.07) is 11.3. The molecule has 7 nitrogen and oxygen atoms in total. The molecule has 0 bridgehead atoms. The molecule has 26 heavy (non-hydrogen) atoms. The zero-order valence-electron chi connectivity index (χ0n) is 14.7. The quantitative estimate of drug-likeness (QED) is 0.690. The number of benzene rings is 1. The first-order valence-electron chi connectivity index (χ1n) is 8.06. The summed E-state index contributed by atoms with van der Waals surface area (Å²) < 4.78 is 1.77. The largest absolute Gasteiger partial charge is 0.341 e. The molecule has 2 N–H and O–H groups in total. The number of amides is 3. The molecule has 2 heterocycles. The van der Waals surface area contributed by atoms with Gasteiger partial charge in [-0.25, -0.2) is 14.3 Å². The number of aryl methyl sites for hydroxylation is 2. The highest BCUT2D eigenvalue weighted by Crippen LogP contribution is 2.30. The Morgan fingerprint density at radius 2 is 1.92 bits per heavy atom. The van der Waals surface area contributed by atoms with Crippen LogP contribution in [0.1, 0.15) is 11.3 Å². The van der Waals surface area contributed by atoms with Crippen LogP contribution in [-0.4, -0.2) is 39.3 Å². The highest BCUT2D eigenvalue weighted by molar-refractivity contribution is 7.99. The number of carbonyl (C=O) groups is 2. The third-order valence-corrected chi connectivity index (χ3v) is 4.67. The van der Waals surface area contributed by atoms with Crippen molar-refractivity contribution in [2.24, 2.45) is 0 Å². The number of hydrogen-bond acceptors (Lipinski definition) is 5. The molecule has 1 aromatic carbocycles. The second-order valence-corrected chi connectivity index (χ2v) is 6.70.